The Morgan fingerprint density at radius 3 is 2.90 bits per heavy atom. The zero-order valence-corrected chi connectivity index (χ0v) is 11.6. The Morgan fingerprint density at radius 1 is 1.35 bits per heavy atom. The summed E-state index contributed by atoms with van der Waals surface area (Å²) in [7, 11) is 0. The first-order valence-electron chi connectivity index (χ1n) is 7.32. The maximum atomic E-state index is 10.8. The second-order valence-corrected chi connectivity index (χ2v) is 5.59. The molecule has 106 valence electrons. The van der Waals surface area contributed by atoms with Crippen LogP contribution in [0.3, 0.4) is 0 Å². The third-order valence-electron chi connectivity index (χ3n) is 3.85. The lowest BCUT2D eigenvalue weighted by molar-refractivity contribution is -0.118. The van der Waals surface area contributed by atoms with Crippen LogP contribution in [-0.4, -0.2) is 16.5 Å². The van der Waals surface area contributed by atoms with Gasteiger partial charge in [-0.2, -0.15) is 0 Å². The number of carbonyl (C=O) groups excluding carboxylic acids is 1. The number of amides is 1. The Bertz CT molecular complexity index is 613. The van der Waals surface area contributed by atoms with E-state index in [1.165, 1.54) is 29.3 Å². The highest BCUT2D eigenvalue weighted by Crippen LogP contribution is 2.24. The van der Waals surface area contributed by atoms with E-state index < -0.39 is 0 Å². The molecule has 0 atom stereocenters. The lowest BCUT2D eigenvalue weighted by atomic mass is 10.2. The summed E-state index contributed by atoms with van der Waals surface area (Å²) in [5.41, 5.74) is 7.78. The fourth-order valence-corrected chi connectivity index (χ4v) is 2.61. The topological polar surface area (TPSA) is 60.1 Å². The lowest BCUT2D eigenvalue weighted by Gasteiger charge is -2.03. The molecule has 3 rings (SSSR count). The van der Waals surface area contributed by atoms with Gasteiger partial charge in [0.1, 0.15) is 0 Å². The number of rotatable bonds is 7. The van der Waals surface area contributed by atoms with E-state index in [-0.39, 0.29) is 5.91 Å². The minimum Gasteiger partial charge on any atom is -0.370 e. The Labute approximate surface area is 118 Å². The Balaban J connectivity index is 1.77. The standard InChI is InChI=1S/C16H21N3O/c17-16(20)6-3-9-19-11-12(10-18-13-7-8-13)14-4-1-2-5-15(14)19/h1-2,4-5,11,13,18H,3,6-10H2,(H2,17,20). The highest BCUT2D eigenvalue weighted by molar-refractivity contribution is 5.84. The first-order chi connectivity index (χ1) is 9.74. The van der Waals surface area contributed by atoms with Crippen molar-refractivity contribution in [2.45, 2.75) is 44.8 Å². The van der Waals surface area contributed by atoms with E-state index in [0.717, 1.165) is 19.5 Å². The van der Waals surface area contributed by atoms with Gasteiger partial charge in [-0.3, -0.25) is 4.79 Å². The number of primary amides is 1. The predicted molar refractivity (Wildman–Crippen MR) is 80.2 cm³/mol. The van der Waals surface area contributed by atoms with Gasteiger partial charge < -0.3 is 15.6 Å². The van der Waals surface area contributed by atoms with Crippen LogP contribution in [-0.2, 0) is 17.9 Å². The highest BCUT2D eigenvalue weighted by Gasteiger charge is 2.20. The summed E-state index contributed by atoms with van der Waals surface area (Å²) in [6.45, 7) is 1.76. The summed E-state index contributed by atoms with van der Waals surface area (Å²) in [6.07, 6.45) is 6.06. The average molecular weight is 271 g/mol. The summed E-state index contributed by atoms with van der Waals surface area (Å²) in [5.74, 6) is -0.225. The molecular formula is C16H21N3O. The molecule has 0 radical (unpaired) electrons. The third kappa shape index (κ3) is 3.02. The van der Waals surface area contributed by atoms with Gasteiger partial charge >= 0.3 is 0 Å². The van der Waals surface area contributed by atoms with Gasteiger partial charge in [0.05, 0.1) is 0 Å². The van der Waals surface area contributed by atoms with Crippen molar-refractivity contribution < 1.29 is 4.79 Å². The molecule has 1 amide bonds. The van der Waals surface area contributed by atoms with Crippen LogP contribution in [0, 0.1) is 0 Å². The molecule has 1 aliphatic rings. The second-order valence-electron chi connectivity index (χ2n) is 5.59. The number of hydrogen-bond acceptors (Lipinski definition) is 2. The molecule has 0 saturated heterocycles. The summed E-state index contributed by atoms with van der Waals surface area (Å²) in [5, 5.41) is 4.87. The zero-order chi connectivity index (χ0) is 13.9. The van der Waals surface area contributed by atoms with Gasteiger partial charge in [0.25, 0.3) is 0 Å². The van der Waals surface area contributed by atoms with E-state index in [9.17, 15) is 4.79 Å². The number of benzene rings is 1. The van der Waals surface area contributed by atoms with E-state index in [2.05, 4.69) is 40.3 Å². The monoisotopic (exact) mass is 271 g/mol. The number of para-hydroxylation sites is 1. The normalized spacial score (nSPS) is 14.8. The molecule has 0 unspecified atom stereocenters. The maximum absolute atomic E-state index is 10.8. The number of fused-ring (bicyclic) bond motifs is 1. The molecule has 2 aromatic rings. The van der Waals surface area contributed by atoms with Crippen molar-refractivity contribution >= 4 is 16.8 Å². The molecule has 1 saturated carbocycles. The summed E-state index contributed by atoms with van der Waals surface area (Å²) in [6, 6.07) is 9.16. The van der Waals surface area contributed by atoms with Gasteiger partial charge in [0.15, 0.2) is 0 Å². The number of carbonyl (C=O) groups is 1. The molecular weight excluding hydrogens is 250 g/mol. The summed E-state index contributed by atoms with van der Waals surface area (Å²) >= 11 is 0. The molecule has 1 heterocycles. The zero-order valence-electron chi connectivity index (χ0n) is 11.6. The van der Waals surface area contributed by atoms with Gasteiger partial charge in [-0.15, -0.1) is 0 Å². The van der Waals surface area contributed by atoms with Gasteiger partial charge in [0.2, 0.25) is 5.91 Å². The Kier molecular flexibility index (Phi) is 3.74. The van der Waals surface area contributed by atoms with Crippen LogP contribution in [0.5, 0.6) is 0 Å². The van der Waals surface area contributed by atoms with Crippen molar-refractivity contribution in [1.82, 2.24) is 9.88 Å². The minimum atomic E-state index is -0.225. The van der Waals surface area contributed by atoms with Crippen molar-refractivity contribution in [3.8, 4) is 0 Å². The molecule has 1 aromatic heterocycles. The predicted octanol–water partition coefficient (Wildman–Crippen LogP) is 2.16. The van der Waals surface area contributed by atoms with Gasteiger partial charge in [-0.1, -0.05) is 18.2 Å². The fraction of sp³-hybridized carbons (Fsp3) is 0.438. The van der Waals surface area contributed by atoms with E-state index in [4.69, 9.17) is 5.73 Å². The maximum Gasteiger partial charge on any atom is 0.217 e. The van der Waals surface area contributed by atoms with Crippen molar-refractivity contribution in [3.63, 3.8) is 0 Å². The Morgan fingerprint density at radius 2 is 2.15 bits per heavy atom. The first kappa shape index (κ1) is 13.2. The number of aromatic nitrogens is 1. The number of nitrogens with zero attached hydrogens (tertiary/aromatic N) is 1. The Hall–Kier alpha value is -1.81. The molecule has 1 aromatic carbocycles. The average Bonchev–Trinajstić information content (AvgIpc) is 3.20. The van der Waals surface area contributed by atoms with E-state index in [1.54, 1.807) is 0 Å². The van der Waals surface area contributed by atoms with Crippen molar-refractivity contribution in [1.29, 1.82) is 0 Å². The van der Waals surface area contributed by atoms with Crippen LogP contribution in [0.4, 0.5) is 0 Å². The van der Waals surface area contributed by atoms with Crippen LogP contribution in [0.25, 0.3) is 10.9 Å². The SMILES string of the molecule is NC(=O)CCCn1cc(CNC2CC2)c2ccccc21. The van der Waals surface area contributed by atoms with E-state index >= 15 is 0 Å². The van der Waals surface area contributed by atoms with Crippen LogP contribution in [0.2, 0.25) is 0 Å². The van der Waals surface area contributed by atoms with Crippen LogP contribution in [0.15, 0.2) is 30.5 Å². The second kappa shape index (κ2) is 5.67. The number of hydrogen-bond donors (Lipinski definition) is 2. The molecule has 0 aliphatic heterocycles. The summed E-state index contributed by atoms with van der Waals surface area (Å²) in [4.78, 5) is 10.8. The summed E-state index contributed by atoms with van der Waals surface area (Å²) < 4.78 is 2.24. The molecule has 4 heteroatoms. The quantitative estimate of drug-likeness (QED) is 0.810. The highest BCUT2D eigenvalue weighted by atomic mass is 16.1. The number of nitrogens with two attached hydrogens (primary N) is 1. The van der Waals surface area contributed by atoms with E-state index in [1.807, 2.05) is 0 Å². The smallest absolute Gasteiger partial charge is 0.217 e. The van der Waals surface area contributed by atoms with Gasteiger partial charge in [-0.05, 0) is 30.9 Å². The van der Waals surface area contributed by atoms with E-state index in [0.29, 0.717) is 12.5 Å². The van der Waals surface area contributed by atoms with Crippen molar-refractivity contribution in [2.75, 3.05) is 0 Å². The molecule has 20 heavy (non-hydrogen) atoms. The minimum absolute atomic E-state index is 0.225. The molecule has 3 N–H and O–H groups in total. The lowest BCUT2D eigenvalue weighted by Crippen LogP contribution is -2.15. The number of nitrogens with one attached hydrogen (secondary N) is 1. The largest absolute Gasteiger partial charge is 0.370 e. The van der Waals surface area contributed by atoms with Gasteiger partial charge in [-0.25, -0.2) is 0 Å². The van der Waals surface area contributed by atoms with Crippen LogP contribution >= 0.6 is 0 Å². The molecule has 0 bridgehead atoms. The van der Waals surface area contributed by atoms with Crippen molar-refractivity contribution in [3.05, 3.63) is 36.0 Å². The fourth-order valence-electron chi connectivity index (χ4n) is 2.61. The van der Waals surface area contributed by atoms with Crippen LogP contribution < -0.4 is 11.1 Å². The van der Waals surface area contributed by atoms with Crippen molar-refractivity contribution in [2.24, 2.45) is 5.73 Å². The third-order valence-corrected chi connectivity index (χ3v) is 3.85. The first-order valence-corrected chi connectivity index (χ1v) is 7.32. The number of aryl methyl sites for hydroxylation is 1. The molecule has 0 spiro atoms. The molecule has 1 aliphatic carbocycles. The molecule has 1 fully saturated rings. The van der Waals surface area contributed by atoms with Crippen LogP contribution in [0.1, 0.15) is 31.2 Å². The van der Waals surface area contributed by atoms with Gasteiger partial charge in [0, 0.05) is 42.7 Å². The molecule has 4 nitrogen and oxygen atoms in total.